The normalized spacial score (nSPS) is 18.2. The van der Waals surface area contributed by atoms with Gasteiger partial charge in [-0.2, -0.15) is 0 Å². The van der Waals surface area contributed by atoms with Gasteiger partial charge < -0.3 is 14.3 Å². The summed E-state index contributed by atoms with van der Waals surface area (Å²) in [6, 6.07) is 17.9. The summed E-state index contributed by atoms with van der Waals surface area (Å²) in [6.45, 7) is 16.3. The molecule has 254 valence electrons. The van der Waals surface area contributed by atoms with Crippen LogP contribution in [0.25, 0.3) is 11.1 Å². The Bertz CT molecular complexity index is 1240. The molecule has 0 saturated heterocycles. The van der Waals surface area contributed by atoms with E-state index < -0.39 is 14.3 Å². The number of carbonyl (C=O) groups is 2. The number of carboxylic acid groups (broad SMARTS) is 1. The highest BCUT2D eigenvalue weighted by Gasteiger charge is 2.40. The molecule has 3 rings (SSSR count). The number of unbranched alkanes of at least 4 members (excludes halogenated alkanes) is 4. The highest BCUT2D eigenvalue weighted by atomic mass is 28.4. The average molecular weight is 649 g/mol. The number of esters is 1. The number of carboxylic acids is 1. The van der Waals surface area contributed by atoms with E-state index in [1.54, 1.807) is 0 Å². The Morgan fingerprint density at radius 1 is 0.913 bits per heavy atom. The first kappa shape index (κ1) is 37.8. The second-order valence-corrected chi connectivity index (χ2v) is 19.7. The monoisotopic (exact) mass is 648 g/mol. The van der Waals surface area contributed by atoms with Crippen molar-refractivity contribution in [1.29, 1.82) is 0 Å². The first-order valence-corrected chi connectivity index (χ1v) is 20.7. The van der Waals surface area contributed by atoms with Crippen molar-refractivity contribution >= 4 is 20.3 Å². The number of benzene rings is 2. The minimum absolute atomic E-state index is 0.157. The molecule has 0 radical (unpaired) electrons. The third-order valence-electron chi connectivity index (χ3n) is 10.3. The first-order chi connectivity index (χ1) is 21.8. The van der Waals surface area contributed by atoms with Crippen LogP contribution >= 0.6 is 0 Å². The van der Waals surface area contributed by atoms with Crippen LogP contribution in [0.3, 0.4) is 0 Å². The van der Waals surface area contributed by atoms with Gasteiger partial charge in [-0.25, -0.2) is 4.79 Å². The molecule has 2 aromatic rings. The summed E-state index contributed by atoms with van der Waals surface area (Å²) in [5, 5.41) is 9.16. The van der Waals surface area contributed by atoms with Crippen molar-refractivity contribution in [3.63, 3.8) is 0 Å². The summed E-state index contributed by atoms with van der Waals surface area (Å²) in [7, 11) is -1.94. The SMILES string of the molecule is CCCCC(C)C(CCC1=CC[C@H](OC(=O)c2ccc(-c3ccccc3)cc2)[C@@H]1CCCCCCC(=O)O)O[Si](C)(C)C(C)(C)C. The van der Waals surface area contributed by atoms with Gasteiger partial charge in [0.2, 0.25) is 0 Å². The number of rotatable bonds is 19. The Labute approximate surface area is 280 Å². The summed E-state index contributed by atoms with van der Waals surface area (Å²) in [5.41, 5.74) is 4.17. The van der Waals surface area contributed by atoms with Gasteiger partial charge in [0, 0.05) is 24.9 Å². The van der Waals surface area contributed by atoms with Gasteiger partial charge >= 0.3 is 11.9 Å². The van der Waals surface area contributed by atoms with Gasteiger partial charge in [-0.15, -0.1) is 0 Å². The average Bonchev–Trinajstić information content (AvgIpc) is 3.39. The molecule has 1 aliphatic carbocycles. The zero-order valence-corrected chi connectivity index (χ0v) is 30.6. The van der Waals surface area contributed by atoms with E-state index in [1.807, 2.05) is 42.5 Å². The van der Waals surface area contributed by atoms with Crippen molar-refractivity contribution in [3.8, 4) is 11.1 Å². The van der Waals surface area contributed by atoms with Crippen molar-refractivity contribution in [2.45, 2.75) is 142 Å². The first-order valence-electron chi connectivity index (χ1n) is 17.8. The van der Waals surface area contributed by atoms with Crippen molar-refractivity contribution in [2.75, 3.05) is 0 Å². The zero-order chi connectivity index (χ0) is 33.7. The molecule has 46 heavy (non-hydrogen) atoms. The molecular weight excluding hydrogens is 589 g/mol. The predicted octanol–water partition coefficient (Wildman–Crippen LogP) is 11.2. The van der Waals surface area contributed by atoms with Crippen molar-refractivity contribution < 1.29 is 23.9 Å². The lowest BCUT2D eigenvalue weighted by Crippen LogP contribution is -2.45. The van der Waals surface area contributed by atoms with Crippen LogP contribution in [0.1, 0.15) is 122 Å². The smallest absolute Gasteiger partial charge is 0.338 e. The molecular formula is C40H60O5Si. The number of ether oxygens (including phenoxy) is 1. The molecule has 4 atom stereocenters. The van der Waals surface area contributed by atoms with Gasteiger partial charge in [-0.05, 0) is 79.4 Å². The molecule has 0 saturated carbocycles. The predicted molar refractivity (Wildman–Crippen MR) is 193 cm³/mol. The van der Waals surface area contributed by atoms with Crippen LogP contribution < -0.4 is 0 Å². The lowest BCUT2D eigenvalue weighted by atomic mass is 9.87. The molecule has 2 unspecified atom stereocenters. The molecule has 0 aliphatic heterocycles. The third-order valence-corrected chi connectivity index (χ3v) is 14.8. The summed E-state index contributed by atoms with van der Waals surface area (Å²) in [6.07, 6.45) is 13.4. The number of hydrogen-bond donors (Lipinski definition) is 1. The van der Waals surface area contributed by atoms with Gasteiger partial charge in [0.1, 0.15) is 6.10 Å². The third kappa shape index (κ3) is 11.5. The van der Waals surface area contributed by atoms with Gasteiger partial charge in [0.05, 0.1) is 5.56 Å². The molecule has 0 amide bonds. The fourth-order valence-electron chi connectivity index (χ4n) is 6.28. The highest BCUT2D eigenvalue weighted by Crippen LogP contribution is 2.41. The van der Waals surface area contributed by atoms with E-state index in [0.717, 1.165) is 56.1 Å². The molecule has 1 N–H and O–H groups in total. The largest absolute Gasteiger partial charge is 0.481 e. The summed E-state index contributed by atoms with van der Waals surface area (Å²) in [4.78, 5) is 24.3. The van der Waals surface area contributed by atoms with E-state index in [2.05, 4.69) is 65.9 Å². The minimum Gasteiger partial charge on any atom is -0.481 e. The minimum atomic E-state index is -1.94. The highest BCUT2D eigenvalue weighted by molar-refractivity contribution is 6.74. The second-order valence-electron chi connectivity index (χ2n) is 14.9. The molecule has 1 aliphatic rings. The molecule has 2 aromatic carbocycles. The van der Waals surface area contributed by atoms with Crippen molar-refractivity contribution in [1.82, 2.24) is 0 Å². The molecule has 5 nitrogen and oxygen atoms in total. The standard InChI is InChI=1S/C40H60O5Si/c1-8-9-17-30(2)36(45-46(6,7)40(3,4)5)28-26-33-27-29-37(35(33)20-15-10-11-16-21-38(41)42)44-39(43)34-24-22-32(23-25-34)31-18-13-12-14-19-31/h12-14,18-19,22-25,27,30,35-37H,8-11,15-17,20-21,26,28-29H2,1-7H3,(H,41,42)/t30?,35-,36?,37+/m1/s1. The van der Waals surface area contributed by atoms with Gasteiger partial charge in [0.15, 0.2) is 8.32 Å². The molecule has 0 aromatic heterocycles. The molecule has 6 heteroatoms. The number of hydrogen-bond acceptors (Lipinski definition) is 4. The Kier molecular flexibility index (Phi) is 14.8. The van der Waals surface area contributed by atoms with Gasteiger partial charge in [-0.1, -0.05) is 121 Å². The Balaban J connectivity index is 1.70. The second kappa shape index (κ2) is 18.0. The van der Waals surface area contributed by atoms with Crippen LogP contribution in [-0.2, 0) is 14.0 Å². The van der Waals surface area contributed by atoms with Crippen LogP contribution in [0.5, 0.6) is 0 Å². The van der Waals surface area contributed by atoms with Gasteiger partial charge in [-0.3, -0.25) is 4.79 Å². The zero-order valence-electron chi connectivity index (χ0n) is 29.6. The summed E-state index contributed by atoms with van der Waals surface area (Å²) < 4.78 is 13.3. The van der Waals surface area contributed by atoms with Crippen LogP contribution in [0.4, 0.5) is 0 Å². The van der Waals surface area contributed by atoms with Crippen LogP contribution in [0.2, 0.25) is 18.1 Å². The van der Waals surface area contributed by atoms with E-state index in [9.17, 15) is 9.59 Å². The van der Waals surface area contributed by atoms with Gasteiger partial charge in [0.25, 0.3) is 0 Å². The van der Waals surface area contributed by atoms with E-state index in [-0.39, 0.29) is 35.6 Å². The summed E-state index contributed by atoms with van der Waals surface area (Å²) >= 11 is 0. The quantitative estimate of drug-likeness (QED) is 0.0710. The maximum absolute atomic E-state index is 13.4. The Morgan fingerprint density at radius 3 is 2.20 bits per heavy atom. The fourth-order valence-corrected chi connectivity index (χ4v) is 7.74. The molecule has 0 heterocycles. The van der Waals surface area contributed by atoms with Crippen molar-refractivity contribution in [3.05, 3.63) is 71.8 Å². The van der Waals surface area contributed by atoms with E-state index >= 15 is 0 Å². The van der Waals surface area contributed by atoms with E-state index in [0.29, 0.717) is 17.9 Å². The Morgan fingerprint density at radius 2 is 1.57 bits per heavy atom. The van der Waals surface area contributed by atoms with E-state index in [4.69, 9.17) is 14.3 Å². The fraction of sp³-hybridized carbons (Fsp3) is 0.600. The van der Waals surface area contributed by atoms with Crippen LogP contribution in [-0.4, -0.2) is 37.6 Å². The molecule has 0 spiro atoms. The number of carbonyl (C=O) groups excluding carboxylic acids is 1. The van der Waals surface area contributed by atoms with Crippen molar-refractivity contribution in [2.24, 2.45) is 11.8 Å². The molecule has 0 fully saturated rings. The summed E-state index contributed by atoms with van der Waals surface area (Å²) in [5.74, 6) is -0.312. The maximum atomic E-state index is 13.4. The number of aliphatic carboxylic acids is 1. The van der Waals surface area contributed by atoms with Crippen LogP contribution in [0.15, 0.2) is 66.2 Å². The topological polar surface area (TPSA) is 72.8 Å². The Hall–Kier alpha value is -2.70. The molecule has 0 bridgehead atoms. The van der Waals surface area contributed by atoms with Crippen LogP contribution in [0, 0.1) is 11.8 Å². The lowest BCUT2D eigenvalue weighted by Gasteiger charge is -2.41. The lowest BCUT2D eigenvalue weighted by molar-refractivity contribution is -0.137. The maximum Gasteiger partial charge on any atom is 0.338 e. The van der Waals surface area contributed by atoms with E-state index in [1.165, 1.54) is 24.8 Å².